The lowest BCUT2D eigenvalue weighted by molar-refractivity contribution is -0.118. The summed E-state index contributed by atoms with van der Waals surface area (Å²) in [7, 11) is -4.45. The maximum absolute atomic E-state index is 11.9. The molecule has 0 aliphatic heterocycles. The molecular weight excluding hydrogens is 317 g/mol. The average molecular weight is 335 g/mol. The first kappa shape index (κ1) is 17.2. The van der Waals surface area contributed by atoms with E-state index in [1.54, 1.807) is 18.2 Å². The summed E-state index contributed by atoms with van der Waals surface area (Å²) >= 11 is 0. The van der Waals surface area contributed by atoms with Crippen molar-refractivity contribution in [1.29, 1.82) is 0 Å². The number of rotatable bonds is 6. The highest BCUT2D eigenvalue weighted by Crippen LogP contribution is 2.37. The van der Waals surface area contributed by atoms with Crippen LogP contribution in [0.15, 0.2) is 48.5 Å². The fraction of sp³-hybridized carbons (Fsp3) is 0.188. The van der Waals surface area contributed by atoms with Crippen LogP contribution in [0.1, 0.15) is 12.5 Å². The second-order valence-corrected chi connectivity index (χ2v) is 6.47. The summed E-state index contributed by atoms with van der Waals surface area (Å²) in [6, 6.07) is 13.2. The van der Waals surface area contributed by atoms with Crippen LogP contribution >= 0.6 is 7.60 Å². The normalized spacial score (nSPS) is 11.1. The average Bonchev–Trinajstić information content (AvgIpc) is 2.53. The Hall–Kier alpha value is -2.14. The number of hydrogen-bond donors (Lipinski definition) is 3. The Labute approximate surface area is 134 Å². The van der Waals surface area contributed by atoms with Crippen LogP contribution in [-0.4, -0.2) is 22.3 Å². The topological polar surface area (TPSA) is 95.9 Å². The number of para-hydroxylation sites is 1. The maximum atomic E-state index is 11.9. The van der Waals surface area contributed by atoms with Gasteiger partial charge in [0.2, 0.25) is 0 Å². The molecule has 6 nitrogen and oxygen atoms in total. The van der Waals surface area contributed by atoms with Crippen molar-refractivity contribution in [3.8, 4) is 5.75 Å². The minimum Gasteiger partial charge on any atom is -0.483 e. The van der Waals surface area contributed by atoms with Gasteiger partial charge < -0.3 is 19.8 Å². The van der Waals surface area contributed by atoms with Crippen molar-refractivity contribution in [3.63, 3.8) is 0 Å². The van der Waals surface area contributed by atoms with Crippen molar-refractivity contribution in [3.05, 3.63) is 54.1 Å². The van der Waals surface area contributed by atoms with Gasteiger partial charge in [-0.3, -0.25) is 9.36 Å². The minimum atomic E-state index is -4.45. The van der Waals surface area contributed by atoms with Gasteiger partial charge in [-0.1, -0.05) is 31.2 Å². The summed E-state index contributed by atoms with van der Waals surface area (Å²) in [6.45, 7) is 1.70. The molecule has 2 aromatic rings. The van der Waals surface area contributed by atoms with E-state index in [-0.39, 0.29) is 17.7 Å². The van der Waals surface area contributed by atoms with Crippen LogP contribution in [0.3, 0.4) is 0 Å². The van der Waals surface area contributed by atoms with Crippen molar-refractivity contribution in [1.82, 2.24) is 0 Å². The molecule has 0 aliphatic carbocycles. The van der Waals surface area contributed by atoms with Gasteiger partial charge in [0.05, 0.1) is 0 Å². The zero-order valence-corrected chi connectivity index (χ0v) is 13.5. The first-order valence-corrected chi connectivity index (χ1v) is 8.68. The Bertz CT molecular complexity index is 724. The molecule has 0 atom stereocenters. The molecule has 0 radical (unpaired) electrons. The number of anilines is 1. The third-order valence-corrected chi connectivity index (χ3v) is 4.18. The van der Waals surface area contributed by atoms with Gasteiger partial charge >= 0.3 is 7.60 Å². The SMILES string of the molecule is CCc1ccc(NC(=O)COc2ccccc2P(=O)(O)O)cc1. The highest BCUT2D eigenvalue weighted by molar-refractivity contribution is 7.60. The van der Waals surface area contributed by atoms with Gasteiger partial charge in [-0.15, -0.1) is 0 Å². The van der Waals surface area contributed by atoms with Gasteiger partial charge in [0.1, 0.15) is 11.1 Å². The van der Waals surface area contributed by atoms with Crippen molar-refractivity contribution < 1.29 is 23.9 Å². The zero-order chi connectivity index (χ0) is 16.9. The summed E-state index contributed by atoms with van der Waals surface area (Å²) < 4.78 is 16.6. The van der Waals surface area contributed by atoms with E-state index in [1.807, 2.05) is 19.1 Å². The maximum Gasteiger partial charge on any atom is 0.359 e. The molecule has 2 aromatic carbocycles. The molecule has 0 aliphatic rings. The molecular formula is C16H18NO5P. The molecule has 1 amide bonds. The van der Waals surface area contributed by atoms with E-state index in [0.717, 1.165) is 12.0 Å². The lowest BCUT2D eigenvalue weighted by Gasteiger charge is -2.12. The Morgan fingerprint density at radius 1 is 1.13 bits per heavy atom. The van der Waals surface area contributed by atoms with Gasteiger partial charge in [-0.25, -0.2) is 0 Å². The first-order chi connectivity index (χ1) is 10.9. The first-order valence-electron chi connectivity index (χ1n) is 7.07. The summed E-state index contributed by atoms with van der Waals surface area (Å²) in [5.74, 6) is -0.410. The quantitative estimate of drug-likeness (QED) is 0.702. The highest BCUT2D eigenvalue weighted by Gasteiger charge is 2.22. The number of aryl methyl sites for hydroxylation is 1. The van der Waals surface area contributed by atoms with Crippen molar-refractivity contribution >= 4 is 24.5 Å². The van der Waals surface area contributed by atoms with E-state index in [9.17, 15) is 19.1 Å². The van der Waals surface area contributed by atoms with Gasteiger partial charge in [0.25, 0.3) is 5.91 Å². The highest BCUT2D eigenvalue weighted by atomic mass is 31.2. The second-order valence-electron chi connectivity index (χ2n) is 4.90. The summed E-state index contributed by atoms with van der Waals surface area (Å²) in [4.78, 5) is 30.4. The molecule has 0 heterocycles. The van der Waals surface area contributed by atoms with Gasteiger partial charge in [0.15, 0.2) is 6.61 Å². The van der Waals surface area contributed by atoms with E-state index in [1.165, 1.54) is 18.2 Å². The molecule has 122 valence electrons. The number of ether oxygens (including phenoxy) is 1. The molecule has 3 N–H and O–H groups in total. The van der Waals surface area contributed by atoms with E-state index in [2.05, 4.69) is 5.32 Å². The fourth-order valence-electron chi connectivity index (χ4n) is 1.98. The fourth-order valence-corrected chi connectivity index (χ4v) is 2.69. The third-order valence-electron chi connectivity index (χ3n) is 3.18. The molecule has 0 bridgehead atoms. The standard InChI is InChI=1S/C16H18NO5P/c1-2-12-7-9-13(10-8-12)17-16(18)11-22-14-5-3-4-6-15(14)23(19,20)21/h3-10H,2,11H2,1H3,(H,17,18)(H2,19,20,21). The Morgan fingerprint density at radius 2 is 1.78 bits per heavy atom. The van der Waals surface area contributed by atoms with Gasteiger partial charge in [0, 0.05) is 5.69 Å². The van der Waals surface area contributed by atoms with Crippen LogP contribution in [-0.2, 0) is 15.8 Å². The number of hydrogen-bond acceptors (Lipinski definition) is 3. The molecule has 0 saturated carbocycles. The molecule has 0 aromatic heterocycles. The number of benzene rings is 2. The molecule has 0 saturated heterocycles. The molecule has 7 heteroatoms. The number of carbonyl (C=O) groups is 1. The van der Waals surface area contributed by atoms with Crippen LogP contribution in [0.5, 0.6) is 5.75 Å². The monoisotopic (exact) mass is 335 g/mol. The molecule has 0 fully saturated rings. The third kappa shape index (κ3) is 4.93. The van der Waals surface area contributed by atoms with Crippen molar-refractivity contribution in [2.24, 2.45) is 0 Å². The van der Waals surface area contributed by atoms with E-state index in [0.29, 0.717) is 5.69 Å². The predicted molar refractivity (Wildman–Crippen MR) is 88.1 cm³/mol. The second kappa shape index (κ2) is 7.42. The Morgan fingerprint density at radius 3 is 2.39 bits per heavy atom. The lowest BCUT2D eigenvalue weighted by Crippen LogP contribution is -2.22. The van der Waals surface area contributed by atoms with Crippen LogP contribution < -0.4 is 15.4 Å². The summed E-state index contributed by atoms with van der Waals surface area (Å²) in [5, 5.41) is 2.43. The lowest BCUT2D eigenvalue weighted by atomic mass is 10.1. The van der Waals surface area contributed by atoms with Crippen LogP contribution in [0, 0.1) is 0 Å². The molecule has 0 unspecified atom stereocenters. The van der Waals surface area contributed by atoms with Crippen molar-refractivity contribution in [2.45, 2.75) is 13.3 Å². The van der Waals surface area contributed by atoms with Crippen LogP contribution in [0.25, 0.3) is 0 Å². The van der Waals surface area contributed by atoms with E-state index >= 15 is 0 Å². The number of amides is 1. The largest absolute Gasteiger partial charge is 0.483 e. The minimum absolute atomic E-state index is 0.00249. The zero-order valence-electron chi connectivity index (χ0n) is 12.6. The van der Waals surface area contributed by atoms with Gasteiger partial charge in [-0.05, 0) is 36.2 Å². The van der Waals surface area contributed by atoms with Crippen LogP contribution in [0.2, 0.25) is 0 Å². The summed E-state index contributed by atoms with van der Waals surface area (Å²) in [6.07, 6.45) is 0.913. The number of carbonyl (C=O) groups excluding carboxylic acids is 1. The molecule has 0 spiro atoms. The summed E-state index contributed by atoms with van der Waals surface area (Å²) in [5.41, 5.74) is 1.80. The van der Waals surface area contributed by atoms with Gasteiger partial charge in [-0.2, -0.15) is 0 Å². The number of nitrogens with one attached hydrogen (secondary N) is 1. The Kier molecular flexibility index (Phi) is 5.55. The van der Waals surface area contributed by atoms with Crippen LogP contribution in [0.4, 0.5) is 5.69 Å². The Balaban J connectivity index is 1.98. The molecule has 23 heavy (non-hydrogen) atoms. The molecule has 2 rings (SSSR count). The van der Waals surface area contributed by atoms with E-state index < -0.39 is 13.5 Å². The smallest absolute Gasteiger partial charge is 0.359 e. The predicted octanol–water partition coefficient (Wildman–Crippen LogP) is 2.07. The van der Waals surface area contributed by atoms with Crippen molar-refractivity contribution in [2.75, 3.05) is 11.9 Å². The van der Waals surface area contributed by atoms with E-state index in [4.69, 9.17) is 4.74 Å².